The van der Waals surface area contributed by atoms with Crippen molar-refractivity contribution in [1.29, 1.82) is 10.5 Å². The molecule has 0 aliphatic heterocycles. The van der Waals surface area contributed by atoms with Crippen LogP contribution < -0.4 is 0 Å². The number of hydrogen-bond donors (Lipinski definition) is 0. The van der Waals surface area contributed by atoms with E-state index in [1.54, 1.807) is 0 Å². The molecule has 0 N–H and O–H groups in total. The van der Waals surface area contributed by atoms with Crippen LogP contribution in [0.15, 0.2) is 206 Å². The lowest BCUT2D eigenvalue weighted by Crippen LogP contribution is -2.04. The summed E-state index contributed by atoms with van der Waals surface area (Å²) >= 11 is 1.81. The zero-order chi connectivity index (χ0) is 44.1. The standard InChI is InChI=1S/C59H34N6S/c60-35-37-18-22-39(23-19-37)43-26-29-51-48(32-43)49-33-44(40-24-20-38(36-61)21-25-40)27-30-52(49)65(51)53-31-28-45(46-15-9-17-55-56(46)47-14-7-8-16-54(47)66-55)34-50(53)59-63-57(41-10-3-1-4-11-41)62-58(64-59)42-12-5-2-6-13-42/h1-34H. The first-order chi connectivity index (χ1) is 32.6. The van der Waals surface area contributed by atoms with Crippen LogP contribution in [0.1, 0.15) is 11.1 Å². The number of fused-ring (bicyclic) bond motifs is 6. The van der Waals surface area contributed by atoms with Crippen LogP contribution in [0, 0.1) is 22.7 Å². The van der Waals surface area contributed by atoms with E-state index in [4.69, 9.17) is 15.0 Å². The number of aromatic nitrogens is 4. The molecule has 0 spiro atoms. The van der Waals surface area contributed by atoms with Crippen LogP contribution in [0.3, 0.4) is 0 Å². The van der Waals surface area contributed by atoms with Crippen molar-refractivity contribution in [3.05, 3.63) is 217 Å². The summed E-state index contributed by atoms with van der Waals surface area (Å²) in [5.41, 5.74) is 13.1. The highest BCUT2D eigenvalue weighted by Crippen LogP contribution is 2.44. The molecule has 0 unspecified atom stereocenters. The van der Waals surface area contributed by atoms with Gasteiger partial charge in [0.15, 0.2) is 17.5 Å². The molecule has 0 aliphatic rings. The maximum absolute atomic E-state index is 9.55. The summed E-state index contributed by atoms with van der Waals surface area (Å²) in [5, 5.41) is 23.7. The smallest absolute Gasteiger partial charge is 0.166 e. The van der Waals surface area contributed by atoms with Gasteiger partial charge in [0.2, 0.25) is 0 Å². The monoisotopic (exact) mass is 858 g/mol. The van der Waals surface area contributed by atoms with Crippen molar-refractivity contribution in [2.24, 2.45) is 0 Å². The number of hydrogen-bond acceptors (Lipinski definition) is 6. The van der Waals surface area contributed by atoms with Gasteiger partial charge in [-0.15, -0.1) is 11.3 Å². The van der Waals surface area contributed by atoms with Gasteiger partial charge in [0.25, 0.3) is 0 Å². The summed E-state index contributed by atoms with van der Waals surface area (Å²) in [5.74, 6) is 1.73. The quantitative estimate of drug-likeness (QED) is 0.159. The van der Waals surface area contributed by atoms with Crippen LogP contribution >= 0.6 is 11.3 Å². The van der Waals surface area contributed by atoms with Crippen LogP contribution in [0.5, 0.6) is 0 Å². The summed E-state index contributed by atoms with van der Waals surface area (Å²) in [6, 6.07) is 75.2. The third kappa shape index (κ3) is 6.67. The average molecular weight is 859 g/mol. The molecule has 12 rings (SSSR count). The van der Waals surface area contributed by atoms with Gasteiger partial charge in [-0.1, -0.05) is 133 Å². The predicted molar refractivity (Wildman–Crippen MR) is 269 cm³/mol. The highest BCUT2D eigenvalue weighted by Gasteiger charge is 2.22. The molecule has 0 amide bonds. The summed E-state index contributed by atoms with van der Waals surface area (Å²) < 4.78 is 4.82. The van der Waals surface area contributed by atoms with Gasteiger partial charge in [-0.25, -0.2) is 15.0 Å². The molecule has 3 heterocycles. The highest BCUT2D eigenvalue weighted by molar-refractivity contribution is 7.25. The highest BCUT2D eigenvalue weighted by atomic mass is 32.1. The van der Waals surface area contributed by atoms with Gasteiger partial charge in [-0.3, -0.25) is 0 Å². The Labute approximate surface area is 384 Å². The van der Waals surface area contributed by atoms with Crippen LogP contribution in [-0.4, -0.2) is 19.5 Å². The summed E-state index contributed by atoms with van der Waals surface area (Å²) in [6.07, 6.45) is 0. The number of benzene rings is 9. The normalized spacial score (nSPS) is 11.3. The molecular weight excluding hydrogens is 825 g/mol. The van der Waals surface area contributed by atoms with Crippen LogP contribution in [0.2, 0.25) is 0 Å². The van der Waals surface area contributed by atoms with Gasteiger partial charge >= 0.3 is 0 Å². The molecule has 3 aromatic heterocycles. The molecule has 0 saturated carbocycles. The molecule has 0 radical (unpaired) electrons. The molecule has 0 saturated heterocycles. The Morgan fingerprint density at radius 2 is 0.864 bits per heavy atom. The van der Waals surface area contributed by atoms with Gasteiger partial charge in [-0.05, 0) is 106 Å². The van der Waals surface area contributed by atoms with Crippen molar-refractivity contribution in [2.75, 3.05) is 0 Å². The van der Waals surface area contributed by atoms with E-state index >= 15 is 0 Å². The second-order valence-electron chi connectivity index (χ2n) is 16.2. The third-order valence-corrected chi connectivity index (χ3v) is 13.5. The minimum absolute atomic E-state index is 0.556. The molecule has 12 aromatic rings. The van der Waals surface area contributed by atoms with Crippen molar-refractivity contribution in [2.45, 2.75) is 0 Å². The Morgan fingerprint density at radius 1 is 0.364 bits per heavy atom. The Bertz CT molecular complexity index is 3760. The van der Waals surface area contributed by atoms with Crippen LogP contribution in [0.4, 0.5) is 0 Å². The third-order valence-electron chi connectivity index (χ3n) is 12.4. The Balaban J connectivity index is 1.16. The van der Waals surface area contributed by atoms with E-state index in [1.807, 2.05) is 121 Å². The lowest BCUT2D eigenvalue weighted by molar-refractivity contribution is 1.06. The lowest BCUT2D eigenvalue weighted by Gasteiger charge is -2.17. The lowest BCUT2D eigenvalue weighted by atomic mass is 9.96. The molecule has 306 valence electrons. The fourth-order valence-electron chi connectivity index (χ4n) is 9.14. The van der Waals surface area contributed by atoms with Crippen molar-refractivity contribution >= 4 is 53.3 Å². The zero-order valence-corrected chi connectivity index (χ0v) is 36.0. The minimum atomic E-state index is 0.556. The Hall–Kier alpha value is -9.01. The number of nitriles is 2. The molecule has 0 atom stereocenters. The number of nitrogens with zero attached hydrogens (tertiary/aromatic N) is 6. The summed E-state index contributed by atoms with van der Waals surface area (Å²) in [4.78, 5) is 15.7. The molecule has 0 aliphatic carbocycles. The van der Waals surface area contributed by atoms with E-state index in [1.165, 1.54) is 20.2 Å². The van der Waals surface area contributed by atoms with Crippen LogP contribution in [0.25, 0.3) is 115 Å². The van der Waals surface area contributed by atoms with Gasteiger partial charge < -0.3 is 4.57 Å². The molecule has 9 aromatic carbocycles. The van der Waals surface area contributed by atoms with Gasteiger partial charge in [-0.2, -0.15) is 10.5 Å². The fourth-order valence-corrected chi connectivity index (χ4v) is 10.3. The van der Waals surface area contributed by atoms with Gasteiger partial charge in [0.05, 0.1) is 40.0 Å². The fraction of sp³-hybridized carbons (Fsp3) is 0. The Morgan fingerprint density at radius 3 is 1.44 bits per heavy atom. The molecular formula is C59H34N6S. The van der Waals surface area contributed by atoms with Crippen molar-refractivity contribution in [3.63, 3.8) is 0 Å². The molecule has 7 heteroatoms. The predicted octanol–water partition coefficient (Wildman–Crippen LogP) is 15.1. The Kier molecular flexibility index (Phi) is 9.35. The second-order valence-corrected chi connectivity index (χ2v) is 17.3. The van der Waals surface area contributed by atoms with E-state index in [9.17, 15) is 10.5 Å². The second kappa shape index (κ2) is 16.0. The van der Waals surface area contributed by atoms with E-state index < -0.39 is 0 Å². The first-order valence-electron chi connectivity index (χ1n) is 21.6. The first-order valence-corrected chi connectivity index (χ1v) is 22.4. The van der Waals surface area contributed by atoms with Crippen LogP contribution in [-0.2, 0) is 0 Å². The molecule has 66 heavy (non-hydrogen) atoms. The molecule has 6 nitrogen and oxygen atoms in total. The van der Waals surface area contributed by atoms with E-state index in [0.29, 0.717) is 28.6 Å². The van der Waals surface area contributed by atoms with E-state index in [-0.39, 0.29) is 0 Å². The number of thiophene rings is 1. The summed E-state index contributed by atoms with van der Waals surface area (Å²) in [7, 11) is 0. The topological polar surface area (TPSA) is 91.2 Å². The number of rotatable bonds is 7. The van der Waals surface area contributed by atoms with Crippen molar-refractivity contribution < 1.29 is 0 Å². The minimum Gasteiger partial charge on any atom is -0.308 e. The molecule has 0 fully saturated rings. The first kappa shape index (κ1) is 38.6. The average Bonchev–Trinajstić information content (AvgIpc) is 3.94. The molecule has 0 bridgehead atoms. The van der Waals surface area contributed by atoms with Crippen molar-refractivity contribution in [3.8, 4) is 85.4 Å². The van der Waals surface area contributed by atoms with Gasteiger partial charge in [0.1, 0.15) is 0 Å². The maximum Gasteiger partial charge on any atom is 0.166 e. The SMILES string of the molecule is N#Cc1ccc(-c2ccc3c(c2)c2cc(-c4ccc(C#N)cc4)ccc2n3-c2ccc(-c3cccc4sc5ccccc5c34)cc2-c2nc(-c3ccccc3)nc(-c3ccccc3)n2)cc1. The van der Waals surface area contributed by atoms with E-state index in [2.05, 4.69) is 114 Å². The summed E-state index contributed by atoms with van der Waals surface area (Å²) in [6.45, 7) is 0. The zero-order valence-electron chi connectivity index (χ0n) is 35.2. The maximum atomic E-state index is 9.55. The van der Waals surface area contributed by atoms with E-state index in [0.717, 1.165) is 77.6 Å². The van der Waals surface area contributed by atoms with Gasteiger partial charge in [0, 0.05) is 47.6 Å². The van der Waals surface area contributed by atoms with Crippen molar-refractivity contribution in [1.82, 2.24) is 19.5 Å². The largest absolute Gasteiger partial charge is 0.308 e.